The van der Waals surface area contributed by atoms with Gasteiger partial charge in [0.1, 0.15) is 12.4 Å². The zero-order valence-electron chi connectivity index (χ0n) is 14.8. The summed E-state index contributed by atoms with van der Waals surface area (Å²) < 4.78 is 5.63. The van der Waals surface area contributed by atoms with Crippen LogP contribution in [0.5, 0.6) is 5.75 Å². The Hall–Kier alpha value is -2.82. The van der Waals surface area contributed by atoms with Crippen LogP contribution in [0.1, 0.15) is 28.4 Å². The number of carbonyl (C=O) groups is 2. The maximum Gasteiger partial charge on any atom is 0.243 e. The van der Waals surface area contributed by atoms with Gasteiger partial charge in [0.25, 0.3) is 0 Å². The average molecular weight is 338 g/mol. The second kappa shape index (κ2) is 6.97. The summed E-state index contributed by atoms with van der Waals surface area (Å²) >= 11 is 0. The molecule has 0 radical (unpaired) electrons. The topological polar surface area (TPSA) is 58.6 Å². The molecule has 0 aliphatic carbocycles. The molecule has 1 heterocycles. The van der Waals surface area contributed by atoms with Crippen LogP contribution in [0.2, 0.25) is 0 Å². The van der Waals surface area contributed by atoms with E-state index in [0.29, 0.717) is 24.5 Å². The number of hydrogen-bond donors (Lipinski definition) is 1. The fraction of sp³-hybridized carbons (Fsp3) is 0.300. The van der Waals surface area contributed by atoms with Crippen LogP contribution in [-0.2, 0) is 4.79 Å². The van der Waals surface area contributed by atoms with E-state index in [4.69, 9.17) is 4.74 Å². The molecule has 5 nitrogen and oxygen atoms in total. The third-order valence-electron chi connectivity index (χ3n) is 4.45. The summed E-state index contributed by atoms with van der Waals surface area (Å²) in [6.07, 6.45) is 0. The van der Waals surface area contributed by atoms with Crippen LogP contribution >= 0.6 is 0 Å². The Labute approximate surface area is 147 Å². The molecule has 2 aromatic carbocycles. The van der Waals surface area contributed by atoms with Gasteiger partial charge in [0.05, 0.1) is 18.8 Å². The third-order valence-corrected chi connectivity index (χ3v) is 4.45. The van der Waals surface area contributed by atoms with E-state index in [-0.39, 0.29) is 18.2 Å². The zero-order valence-corrected chi connectivity index (χ0v) is 14.8. The molecule has 2 aromatic rings. The second-order valence-corrected chi connectivity index (χ2v) is 6.36. The molecule has 25 heavy (non-hydrogen) atoms. The minimum absolute atomic E-state index is 0.00657. The second-order valence-electron chi connectivity index (χ2n) is 6.36. The van der Waals surface area contributed by atoms with Crippen LogP contribution in [-0.4, -0.2) is 31.4 Å². The molecule has 0 atom stereocenters. The molecule has 1 aliphatic heterocycles. The summed E-state index contributed by atoms with van der Waals surface area (Å²) in [6, 6.07) is 11.2. The number of carbonyl (C=O) groups excluding carboxylic acids is 2. The maximum atomic E-state index is 12.4. The highest BCUT2D eigenvalue weighted by Crippen LogP contribution is 2.32. The van der Waals surface area contributed by atoms with Gasteiger partial charge in [0.2, 0.25) is 5.91 Å². The number of ketones is 1. The normalized spacial score (nSPS) is 13.0. The van der Waals surface area contributed by atoms with Gasteiger partial charge in [0, 0.05) is 11.3 Å². The predicted octanol–water partition coefficient (Wildman–Crippen LogP) is 3.34. The SMILES string of the molecule is CC(=O)c1ccc2c(c1)N(CC(=O)Nc1ccc(C)c(C)c1)CCO2. The summed E-state index contributed by atoms with van der Waals surface area (Å²) in [5.74, 6) is 0.604. The van der Waals surface area contributed by atoms with Gasteiger partial charge >= 0.3 is 0 Å². The van der Waals surface area contributed by atoms with Crippen molar-refractivity contribution in [2.24, 2.45) is 0 Å². The lowest BCUT2D eigenvalue weighted by Crippen LogP contribution is -2.39. The van der Waals surface area contributed by atoms with Crippen LogP contribution in [0.3, 0.4) is 0 Å². The lowest BCUT2D eigenvalue weighted by molar-refractivity contribution is -0.115. The molecule has 5 heteroatoms. The summed E-state index contributed by atoms with van der Waals surface area (Å²) in [5.41, 5.74) is 4.52. The molecule has 0 saturated carbocycles. The van der Waals surface area contributed by atoms with Crippen LogP contribution in [0.4, 0.5) is 11.4 Å². The van der Waals surface area contributed by atoms with E-state index in [1.165, 1.54) is 12.5 Å². The van der Waals surface area contributed by atoms with Gasteiger partial charge < -0.3 is 15.0 Å². The van der Waals surface area contributed by atoms with E-state index in [0.717, 1.165) is 16.9 Å². The number of hydrogen-bond acceptors (Lipinski definition) is 4. The Kier molecular flexibility index (Phi) is 4.74. The molecule has 3 rings (SSSR count). The van der Waals surface area contributed by atoms with Crippen molar-refractivity contribution in [3.63, 3.8) is 0 Å². The van der Waals surface area contributed by atoms with E-state index in [2.05, 4.69) is 5.32 Å². The highest BCUT2D eigenvalue weighted by atomic mass is 16.5. The molecule has 0 bridgehead atoms. The first-order chi connectivity index (χ1) is 11.9. The highest BCUT2D eigenvalue weighted by molar-refractivity contribution is 5.97. The average Bonchev–Trinajstić information content (AvgIpc) is 2.58. The van der Waals surface area contributed by atoms with Gasteiger partial charge in [-0.05, 0) is 62.2 Å². The molecule has 0 aromatic heterocycles. The van der Waals surface area contributed by atoms with Crippen LogP contribution in [0, 0.1) is 13.8 Å². The lowest BCUT2D eigenvalue weighted by Gasteiger charge is -2.31. The Balaban J connectivity index is 1.75. The minimum Gasteiger partial charge on any atom is -0.490 e. The van der Waals surface area contributed by atoms with Crippen molar-refractivity contribution >= 4 is 23.1 Å². The predicted molar refractivity (Wildman–Crippen MR) is 98.7 cm³/mol. The number of fused-ring (bicyclic) bond motifs is 1. The van der Waals surface area contributed by atoms with E-state index in [9.17, 15) is 9.59 Å². The molecule has 0 saturated heterocycles. The van der Waals surface area contributed by atoms with E-state index in [1.807, 2.05) is 36.9 Å². The molecular formula is C20H22N2O3. The number of anilines is 2. The molecule has 0 unspecified atom stereocenters. The van der Waals surface area contributed by atoms with Crippen molar-refractivity contribution < 1.29 is 14.3 Å². The summed E-state index contributed by atoms with van der Waals surface area (Å²) in [4.78, 5) is 26.0. The third kappa shape index (κ3) is 3.82. The standard InChI is InChI=1S/C20H22N2O3/c1-13-4-6-17(10-14(13)2)21-20(24)12-22-8-9-25-19-7-5-16(15(3)23)11-18(19)22/h4-7,10-11H,8-9,12H2,1-3H3,(H,21,24). The Bertz CT molecular complexity index is 830. The number of Topliss-reactive ketones (excluding diaryl/α,β-unsaturated/α-hetero) is 1. The van der Waals surface area contributed by atoms with Gasteiger partial charge in [-0.15, -0.1) is 0 Å². The fourth-order valence-corrected chi connectivity index (χ4v) is 2.85. The van der Waals surface area contributed by atoms with Gasteiger partial charge in [-0.1, -0.05) is 6.07 Å². The quantitative estimate of drug-likeness (QED) is 0.869. The zero-order chi connectivity index (χ0) is 18.0. The van der Waals surface area contributed by atoms with E-state index < -0.39 is 0 Å². The Morgan fingerprint density at radius 2 is 1.92 bits per heavy atom. The summed E-state index contributed by atoms with van der Waals surface area (Å²) in [5, 5.41) is 2.94. The van der Waals surface area contributed by atoms with Crippen molar-refractivity contribution in [1.29, 1.82) is 0 Å². The van der Waals surface area contributed by atoms with E-state index >= 15 is 0 Å². The Morgan fingerprint density at radius 3 is 2.64 bits per heavy atom. The number of rotatable bonds is 4. The van der Waals surface area contributed by atoms with Gasteiger partial charge in [-0.3, -0.25) is 9.59 Å². The number of aryl methyl sites for hydroxylation is 2. The molecule has 130 valence electrons. The largest absolute Gasteiger partial charge is 0.490 e. The first kappa shape index (κ1) is 17.0. The molecule has 1 N–H and O–H groups in total. The first-order valence-electron chi connectivity index (χ1n) is 8.34. The maximum absolute atomic E-state index is 12.4. The number of nitrogens with zero attached hydrogens (tertiary/aromatic N) is 1. The molecule has 0 spiro atoms. The molecule has 1 amide bonds. The van der Waals surface area contributed by atoms with Gasteiger partial charge in [-0.25, -0.2) is 0 Å². The summed E-state index contributed by atoms with van der Waals surface area (Å²) in [6.45, 7) is 6.93. The summed E-state index contributed by atoms with van der Waals surface area (Å²) in [7, 11) is 0. The molecule has 0 fully saturated rings. The van der Waals surface area contributed by atoms with Gasteiger partial charge in [-0.2, -0.15) is 0 Å². The van der Waals surface area contributed by atoms with Crippen LogP contribution in [0.15, 0.2) is 36.4 Å². The Morgan fingerprint density at radius 1 is 1.12 bits per heavy atom. The van der Waals surface area contributed by atoms with Crippen molar-refractivity contribution in [3.8, 4) is 5.75 Å². The monoisotopic (exact) mass is 338 g/mol. The number of benzene rings is 2. The van der Waals surface area contributed by atoms with Crippen LogP contribution in [0.25, 0.3) is 0 Å². The molecule has 1 aliphatic rings. The fourth-order valence-electron chi connectivity index (χ4n) is 2.85. The lowest BCUT2D eigenvalue weighted by atomic mass is 10.1. The van der Waals surface area contributed by atoms with Crippen molar-refractivity contribution in [2.45, 2.75) is 20.8 Å². The van der Waals surface area contributed by atoms with Crippen molar-refractivity contribution in [2.75, 3.05) is 29.9 Å². The van der Waals surface area contributed by atoms with Crippen molar-refractivity contribution in [1.82, 2.24) is 0 Å². The molecular weight excluding hydrogens is 316 g/mol. The smallest absolute Gasteiger partial charge is 0.243 e. The van der Waals surface area contributed by atoms with Crippen LogP contribution < -0.4 is 15.0 Å². The number of ether oxygens (including phenoxy) is 1. The highest BCUT2D eigenvalue weighted by Gasteiger charge is 2.21. The van der Waals surface area contributed by atoms with Crippen molar-refractivity contribution in [3.05, 3.63) is 53.1 Å². The number of nitrogens with one attached hydrogen (secondary N) is 1. The van der Waals surface area contributed by atoms with Gasteiger partial charge in [0.15, 0.2) is 5.78 Å². The first-order valence-corrected chi connectivity index (χ1v) is 8.34. The minimum atomic E-state index is -0.0932. The number of amides is 1. The van der Waals surface area contributed by atoms with E-state index in [1.54, 1.807) is 18.2 Å².